The highest BCUT2D eigenvalue weighted by atomic mass is 32.2. The molecular formula is C19H18N6O3S. The molecule has 0 atom stereocenters. The Bertz CT molecular complexity index is 1280. The Balaban J connectivity index is 1.48. The summed E-state index contributed by atoms with van der Waals surface area (Å²) in [5, 5.41) is 7.54. The topological polar surface area (TPSA) is 122 Å². The van der Waals surface area contributed by atoms with E-state index in [1.807, 2.05) is 30.3 Å². The number of para-hydroxylation sites is 1. The second-order valence-electron chi connectivity index (χ2n) is 6.18. The fourth-order valence-corrected chi connectivity index (χ4v) is 3.86. The van der Waals surface area contributed by atoms with Crippen molar-refractivity contribution in [3.63, 3.8) is 0 Å². The number of sulfonamides is 1. The summed E-state index contributed by atoms with van der Waals surface area (Å²) in [5.41, 5.74) is 0.860. The van der Waals surface area contributed by atoms with E-state index in [2.05, 4.69) is 25.1 Å². The highest BCUT2D eigenvalue weighted by Gasteiger charge is 2.13. The van der Waals surface area contributed by atoms with E-state index in [0.29, 0.717) is 11.0 Å². The van der Waals surface area contributed by atoms with Crippen molar-refractivity contribution in [3.05, 3.63) is 77.2 Å². The summed E-state index contributed by atoms with van der Waals surface area (Å²) in [6.45, 7) is 0.358. The number of rotatable bonds is 7. The maximum Gasteiger partial charge on any atom is 0.263 e. The molecular weight excluding hydrogens is 392 g/mol. The predicted octanol–water partition coefficient (Wildman–Crippen LogP) is 1.50. The Morgan fingerprint density at radius 3 is 2.38 bits per heavy atom. The van der Waals surface area contributed by atoms with Crippen molar-refractivity contribution in [1.29, 1.82) is 0 Å². The molecule has 10 heteroatoms. The summed E-state index contributed by atoms with van der Waals surface area (Å²) in [5.74, 6) is 0.235. The summed E-state index contributed by atoms with van der Waals surface area (Å²) in [6.07, 6.45) is 1.46. The molecule has 0 aliphatic rings. The minimum Gasteiger partial charge on any atom is -0.354 e. The van der Waals surface area contributed by atoms with Crippen molar-refractivity contribution >= 4 is 27.0 Å². The second kappa shape index (κ2) is 7.86. The van der Waals surface area contributed by atoms with Crippen molar-refractivity contribution < 1.29 is 8.42 Å². The molecule has 0 spiro atoms. The molecule has 0 aliphatic heterocycles. The molecule has 2 heterocycles. The molecule has 3 N–H and O–H groups in total. The van der Waals surface area contributed by atoms with Gasteiger partial charge in [0.2, 0.25) is 16.0 Å². The van der Waals surface area contributed by atoms with Crippen molar-refractivity contribution in [2.45, 2.75) is 4.90 Å². The van der Waals surface area contributed by atoms with Crippen molar-refractivity contribution in [1.82, 2.24) is 24.5 Å². The van der Waals surface area contributed by atoms with E-state index in [1.54, 1.807) is 22.9 Å². The first-order valence-corrected chi connectivity index (χ1v) is 10.3. The van der Waals surface area contributed by atoms with Gasteiger partial charge in [-0.25, -0.2) is 17.8 Å². The number of anilines is 1. The van der Waals surface area contributed by atoms with Crippen LogP contribution in [-0.4, -0.2) is 41.3 Å². The SMILES string of the molecule is O=c1[nH]c(NCCNS(=O)(=O)c2ccccc2)nc2c1cnn2-c1ccccc1. The summed E-state index contributed by atoms with van der Waals surface area (Å²) in [4.78, 5) is 19.6. The van der Waals surface area contributed by atoms with Crippen molar-refractivity contribution in [2.75, 3.05) is 18.4 Å². The van der Waals surface area contributed by atoms with Crippen LogP contribution >= 0.6 is 0 Å². The van der Waals surface area contributed by atoms with Crippen LogP contribution in [0.4, 0.5) is 5.95 Å². The van der Waals surface area contributed by atoms with Crippen LogP contribution in [0.1, 0.15) is 0 Å². The Kier molecular flexibility index (Phi) is 5.10. The number of aromatic amines is 1. The van der Waals surface area contributed by atoms with Gasteiger partial charge in [0.05, 0.1) is 16.8 Å². The van der Waals surface area contributed by atoms with Gasteiger partial charge in [0, 0.05) is 13.1 Å². The lowest BCUT2D eigenvalue weighted by Gasteiger charge is -2.09. The van der Waals surface area contributed by atoms with Crippen LogP contribution in [-0.2, 0) is 10.0 Å². The van der Waals surface area contributed by atoms with Crippen LogP contribution in [0.25, 0.3) is 16.7 Å². The number of nitrogens with one attached hydrogen (secondary N) is 3. The standard InChI is InChI=1S/C19H18N6O3S/c26-18-16-13-21-25(14-7-3-1-4-8-14)17(16)23-19(24-18)20-11-12-22-29(27,28)15-9-5-2-6-10-15/h1-10,13,22H,11-12H2,(H2,20,23,24,26). The number of benzene rings is 2. The second-order valence-corrected chi connectivity index (χ2v) is 7.95. The molecule has 0 saturated carbocycles. The molecule has 0 aliphatic carbocycles. The molecule has 0 unspecified atom stereocenters. The van der Waals surface area contributed by atoms with Crippen LogP contribution in [0, 0.1) is 0 Å². The zero-order valence-corrected chi connectivity index (χ0v) is 16.1. The smallest absolute Gasteiger partial charge is 0.263 e. The lowest BCUT2D eigenvalue weighted by Crippen LogP contribution is -2.29. The maximum absolute atomic E-state index is 12.3. The van der Waals surface area contributed by atoms with E-state index < -0.39 is 10.0 Å². The molecule has 0 bridgehead atoms. The lowest BCUT2D eigenvalue weighted by atomic mass is 10.3. The van der Waals surface area contributed by atoms with E-state index in [4.69, 9.17) is 0 Å². The summed E-state index contributed by atoms with van der Waals surface area (Å²) < 4.78 is 28.5. The third-order valence-electron chi connectivity index (χ3n) is 4.20. The Morgan fingerprint density at radius 2 is 1.66 bits per heavy atom. The van der Waals surface area contributed by atoms with Crippen molar-refractivity contribution in [3.8, 4) is 5.69 Å². The highest BCUT2D eigenvalue weighted by Crippen LogP contribution is 2.14. The zero-order chi connectivity index (χ0) is 20.3. The first-order chi connectivity index (χ1) is 14.0. The molecule has 0 amide bonds. The third-order valence-corrected chi connectivity index (χ3v) is 5.68. The monoisotopic (exact) mass is 410 g/mol. The number of nitrogens with zero attached hydrogens (tertiary/aromatic N) is 3. The Labute approximate surface area is 166 Å². The lowest BCUT2D eigenvalue weighted by molar-refractivity contribution is 0.583. The number of hydrogen-bond acceptors (Lipinski definition) is 6. The van der Waals surface area contributed by atoms with Gasteiger partial charge in [0.1, 0.15) is 5.39 Å². The van der Waals surface area contributed by atoms with Gasteiger partial charge in [-0.2, -0.15) is 10.1 Å². The van der Waals surface area contributed by atoms with Gasteiger partial charge >= 0.3 is 0 Å². The van der Waals surface area contributed by atoms with Gasteiger partial charge in [-0.05, 0) is 24.3 Å². The summed E-state index contributed by atoms with van der Waals surface area (Å²) in [6, 6.07) is 17.5. The summed E-state index contributed by atoms with van der Waals surface area (Å²) >= 11 is 0. The molecule has 0 radical (unpaired) electrons. The average Bonchev–Trinajstić information content (AvgIpc) is 3.17. The molecule has 148 valence electrons. The zero-order valence-electron chi connectivity index (χ0n) is 15.2. The van der Waals surface area contributed by atoms with Crippen LogP contribution in [0.15, 0.2) is 76.6 Å². The van der Waals surface area contributed by atoms with Gasteiger partial charge in [-0.15, -0.1) is 0 Å². The minimum absolute atomic E-state index is 0.122. The fourth-order valence-electron chi connectivity index (χ4n) is 2.81. The summed E-state index contributed by atoms with van der Waals surface area (Å²) in [7, 11) is -3.59. The van der Waals surface area contributed by atoms with Crippen molar-refractivity contribution in [2.24, 2.45) is 0 Å². The number of H-pyrrole nitrogens is 1. The molecule has 0 saturated heterocycles. The molecule has 2 aromatic heterocycles. The van der Waals surface area contributed by atoms with E-state index in [1.165, 1.54) is 18.3 Å². The fraction of sp³-hybridized carbons (Fsp3) is 0.105. The first kappa shape index (κ1) is 18.8. The van der Waals surface area contributed by atoms with E-state index in [-0.39, 0.29) is 29.5 Å². The van der Waals surface area contributed by atoms with E-state index >= 15 is 0 Å². The maximum atomic E-state index is 12.3. The van der Waals surface area contributed by atoms with E-state index in [9.17, 15) is 13.2 Å². The van der Waals surface area contributed by atoms with Crippen LogP contribution < -0.4 is 15.6 Å². The molecule has 4 rings (SSSR count). The minimum atomic E-state index is -3.59. The predicted molar refractivity (Wildman–Crippen MR) is 110 cm³/mol. The number of hydrogen-bond donors (Lipinski definition) is 3. The number of aromatic nitrogens is 4. The van der Waals surface area contributed by atoms with Crippen LogP contribution in [0.5, 0.6) is 0 Å². The van der Waals surface area contributed by atoms with Crippen LogP contribution in [0.2, 0.25) is 0 Å². The Hall–Kier alpha value is -3.50. The largest absolute Gasteiger partial charge is 0.354 e. The molecule has 0 fully saturated rings. The average molecular weight is 410 g/mol. The molecule has 29 heavy (non-hydrogen) atoms. The van der Waals surface area contributed by atoms with Gasteiger partial charge in [0.15, 0.2) is 5.65 Å². The van der Waals surface area contributed by atoms with E-state index in [0.717, 1.165) is 5.69 Å². The first-order valence-electron chi connectivity index (χ1n) is 8.87. The quantitative estimate of drug-likeness (QED) is 0.397. The normalized spacial score (nSPS) is 11.6. The van der Waals surface area contributed by atoms with Gasteiger partial charge < -0.3 is 5.32 Å². The van der Waals surface area contributed by atoms with Gasteiger partial charge in [-0.3, -0.25) is 9.78 Å². The van der Waals surface area contributed by atoms with Crippen LogP contribution in [0.3, 0.4) is 0 Å². The highest BCUT2D eigenvalue weighted by molar-refractivity contribution is 7.89. The molecule has 2 aromatic carbocycles. The Morgan fingerprint density at radius 1 is 0.966 bits per heavy atom. The van der Waals surface area contributed by atoms with Gasteiger partial charge in [-0.1, -0.05) is 36.4 Å². The number of fused-ring (bicyclic) bond motifs is 1. The third kappa shape index (κ3) is 4.03. The molecule has 9 nitrogen and oxygen atoms in total. The van der Waals surface area contributed by atoms with Gasteiger partial charge in [0.25, 0.3) is 5.56 Å². The molecule has 4 aromatic rings.